The number of hydrogen-bond donors (Lipinski definition) is 2. The Balaban J connectivity index is 1.88. The Kier molecular flexibility index (Phi) is 6.83. The van der Waals surface area contributed by atoms with Gasteiger partial charge in [0.25, 0.3) is 0 Å². The third-order valence-electron chi connectivity index (χ3n) is 3.48. The summed E-state index contributed by atoms with van der Waals surface area (Å²) in [7, 11) is 0. The predicted molar refractivity (Wildman–Crippen MR) is 100 cm³/mol. The zero-order chi connectivity index (χ0) is 18.2. The monoisotopic (exact) mass is 360 g/mol. The Bertz CT molecular complexity index is 745. The van der Waals surface area contributed by atoms with E-state index in [1.165, 1.54) is 0 Å². The number of benzene rings is 2. The van der Waals surface area contributed by atoms with Crippen molar-refractivity contribution >= 4 is 34.9 Å². The van der Waals surface area contributed by atoms with Gasteiger partial charge in [-0.2, -0.15) is 0 Å². The molecule has 132 valence electrons. The smallest absolute Gasteiger partial charge is 0.338 e. The van der Waals surface area contributed by atoms with Crippen LogP contribution in [0.3, 0.4) is 0 Å². The van der Waals surface area contributed by atoms with Crippen molar-refractivity contribution in [3.63, 3.8) is 0 Å². The van der Waals surface area contributed by atoms with Gasteiger partial charge < -0.3 is 15.4 Å². The van der Waals surface area contributed by atoms with Gasteiger partial charge in [0.05, 0.1) is 18.7 Å². The van der Waals surface area contributed by atoms with E-state index >= 15 is 0 Å². The average molecular weight is 361 g/mol. The van der Waals surface area contributed by atoms with Crippen LogP contribution in [0, 0.1) is 6.92 Å². The second-order valence-corrected chi connectivity index (χ2v) is 6.01. The van der Waals surface area contributed by atoms with Crippen molar-refractivity contribution in [3.05, 3.63) is 58.6 Å². The second-order valence-electron chi connectivity index (χ2n) is 5.57. The van der Waals surface area contributed by atoms with Gasteiger partial charge in [-0.15, -0.1) is 0 Å². The number of anilines is 2. The minimum Gasteiger partial charge on any atom is -0.462 e. The number of rotatable bonds is 7. The Morgan fingerprint density at radius 1 is 1.12 bits per heavy atom. The molecule has 2 aromatic carbocycles. The Morgan fingerprint density at radius 3 is 2.52 bits per heavy atom. The molecule has 0 aliphatic rings. The minimum absolute atomic E-state index is 0.113. The number of carbonyl (C=O) groups is 2. The molecule has 0 atom stereocenters. The van der Waals surface area contributed by atoms with Crippen molar-refractivity contribution < 1.29 is 14.3 Å². The Hall–Kier alpha value is -2.53. The van der Waals surface area contributed by atoms with Crippen LogP contribution in [0.4, 0.5) is 11.4 Å². The molecule has 6 heteroatoms. The first kappa shape index (κ1) is 18.8. The van der Waals surface area contributed by atoms with E-state index < -0.39 is 0 Å². The summed E-state index contributed by atoms with van der Waals surface area (Å²) in [5, 5.41) is 6.44. The normalized spacial score (nSPS) is 10.2. The molecule has 0 aromatic heterocycles. The summed E-state index contributed by atoms with van der Waals surface area (Å²) in [6.07, 6.45) is 0.777. The fourth-order valence-electron chi connectivity index (χ4n) is 2.13. The largest absolute Gasteiger partial charge is 0.462 e. The van der Waals surface area contributed by atoms with E-state index in [0.717, 1.165) is 17.7 Å². The lowest BCUT2D eigenvalue weighted by Gasteiger charge is -2.11. The first-order valence-corrected chi connectivity index (χ1v) is 8.44. The highest BCUT2D eigenvalue weighted by molar-refractivity contribution is 6.30. The minimum atomic E-state index is -0.363. The Morgan fingerprint density at radius 2 is 1.84 bits per heavy atom. The van der Waals surface area contributed by atoms with E-state index in [2.05, 4.69) is 10.6 Å². The van der Waals surface area contributed by atoms with Crippen molar-refractivity contribution in [2.45, 2.75) is 20.3 Å². The summed E-state index contributed by atoms with van der Waals surface area (Å²) in [6, 6.07) is 12.1. The van der Waals surface area contributed by atoms with Crippen LogP contribution < -0.4 is 10.6 Å². The number of esters is 1. The van der Waals surface area contributed by atoms with E-state index in [1.807, 2.05) is 19.9 Å². The zero-order valence-corrected chi connectivity index (χ0v) is 15.0. The van der Waals surface area contributed by atoms with E-state index in [0.29, 0.717) is 22.9 Å². The summed E-state index contributed by atoms with van der Waals surface area (Å²) in [5.74, 6) is -0.557. The van der Waals surface area contributed by atoms with E-state index in [9.17, 15) is 9.59 Å². The van der Waals surface area contributed by atoms with Gasteiger partial charge in [0.2, 0.25) is 5.91 Å². The molecule has 0 radical (unpaired) electrons. The lowest BCUT2D eigenvalue weighted by Crippen LogP contribution is -2.22. The lowest BCUT2D eigenvalue weighted by molar-refractivity contribution is -0.114. The van der Waals surface area contributed by atoms with Crippen LogP contribution in [-0.4, -0.2) is 25.0 Å². The van der Waals surface area contributed by atoms with Crippen molar-refractivity contribution in [1.82, 2.24) is 0 Å². The van der Waals surface area contributed by atoms with Crippen LogP contribution in [-0.2, 0) is 9.53 Å². The van der Waals surface area contributed by atoms with Crippen LogP contribution in [0.1, 0.15) is 29.3 Å². The number of amides is 1. The lowest BCUT2D eigenvalue weighted by atomic mass is 10.2. The molecule has 0 saturated carbocycles. The van der Waals surface area contributed by atoms with Gasteiger partial charge in [-0.05, 0) is 55.3 Å². The summed E-state index contributed by atoms with van der Waals surface area (Å²) in [4.78, 5) is 23.8. The van der Waals surface area contributed by atoms with Crippen LogP contribution in [0.15, 0.2) is 42.5 Å². The molecule has 2 rings (SSSR count). The number of hydrogen-bond acceptors (Lipinski definition) is 4. The quantitative estimate of drug-likeness (QED) is 0.724. The average Bonchev–Trinajstić information content (AvgIpc) is 2.61. The van der Waals surface area contributed by atoms with Crippen LogP contribution in [0.2, 0.25) is 5.02 Å². The van der Waals surface area contributed by atoms with Crippen LogP contribution in [0.5, 0.6) is 0 Å². The summed E-state index contributed by atoms with van der Waals surface area (Å²) < 4.78 is 5.06. The number of carbonyl (C=O) groups excluding carboxylic acids is 2. The standard InChI is InChI=1S/C19H21ClN2O3/c1-3-10-25-19(24)14-5-8-16(9-6-14)22-18(23)12-21-17-11-15(20)7-4-13(17)2/h4-9,11,21H,3,10,12H2,1-2H3,(H,22,23). The summed E-state index contributed by atoms with van der Waals surface area (Å²) >= 11 is 5.96. The number of halogens is 1. The molecule has 2 N–H and O–H groups in total. The fourth-order valence-corrected chi connectivity index (χ4v) is 2.31. The van der Waals surface area contributed by atoms with E-state index in [-0.39, 0.29) is 18.4 Å². The van der Waals surface area contributed by atoms with Crippen molar-refractivity contribution in [2.24, 2.45) is 0 Å². The molecule has 2 aromatic rings. The van der Waals surface area contributed by atoms with Crippen molar-refractivity contribution in [1.29, 1.82) is 0 Å². The van der Waals surface area contributed by atoms with Gasteiger partial charge in [-0.3, -0.25) is 4.79 Å². The topological polar surface area (TPSA) is 67.4 Å². The molecule has 0 aliphatic carbocycles. The summed E-state index contributed by atoms with van der Waals surface area (Å²) in [5.41, 5.74) is 2.89. The maximum Gasteiger partial charge on any atom is 0.338 e. The molecular weight excluding hydrogens is 340 g/mol. The first-order chi connectivity index (χ1) is 12.0. The molecule has 0 unspecified atom stereocenters. The molecule has 25 heavy (non-hydrogen) atoms. The molecule has 0 spiro atoms. The molecule has 0 fully saturated rings. The molecule has 5 nitrogen and oxygen atoms in total. The van der Waals surface area contributed by atoms with Crippen molar-refractivity contribution in [2.75, 3.05) is 23.8 Å². The third-order valence-corrected chi connectivity index (χ3v) is 3.72. The van der Waals surface area contributed by atoms with Gasteiger partial charge >= 0.3 is 5.97 Å². The highest BCUT2D eigenvalue weighted by Crippen LogP contribution is 2.20. The number of ether oxygens (including phenoxy) is 1. The van der Waals surface area contributed by atoms with E-state index in [4.69, 9.17) is 16.3 Å². The van der Waals surface area contributed by atoms with Crippen molar-refractivity contribution in [3.8, 4) is 0 Å². The highest BCUT2D eigenvalue weighted by atomic mass is 35.5. The van der Waals surface area contributed by atoms with E-state index in [1.54, 1.807) is 36.4 Å². The number of nitrogens with one attached hydrogen (secondary N) is 2. The molecule has 0 bridgehead atoms. The maximum absolute atomic E-state index is 12.0. The van der Waals surface area contributed by atoms with Gasteiger partial charge in [0, 0.05) is 16.4 Å². The molecular formula is C19H21ClN2O3. The fraction of sp³-hybridized carbons (Fsp3) is 0.263. The zero-order valence-electron chi connectivity index (χ0n) is 14.3. The molecule has 1 amide bonds. The Labute approximate surface area is 152 Å². The van der Waals surface area contributed by atoms with Crippen LogP contribution >= 0.6 is 11.6 Å². The van der Waals surface area contributed by atoms with Gasteiger partial charge in [0.1, 0.15) is 0 Å². The second kappa shape index (κ2) is 9.08. The predicted octanol–water partition coefficient (Wildman–Crippen LogP) is 4.27. The maximum atomic E-state index is 12.0. The van der Waals surface area contributed by atoms with Gasteiger partial charge in [-0.25, -0.2) is 4.79 Å². The molecule has 0 heterocycles. The third kappa shape index (κ3) is 5.80. The van der Waals surface area contributed by atoms with Crippen LogP contribution in [0.25, 0.3) is 0 Å². The van der Waals surface area contributed by atoms with Gasteiger partial charge in [-0.1, -0.05) is 24.6 Å². The molecule has 0 aliphatic heterocycles. The highest BCUT2D eigenvalue weighted by Gasteiger charge is 2.08. The molecule has 0 saturated heterocycles. The SMILES string of the molecule is CCCOC(=O)c1ccc(NC(=O)CNc2cc(Cl)ccc2C)cc1. The summed E-state index contributed by atoms with van der Waals surface area (Å²) in [6.45, 7) is 4.38. The first-order valence-electron chi connectivity index (χ1n) is 8.06. The number of aryl methyl sites for hydroxylation is 1. The van der Waals surface area contributed by atoms with Gasteiger partial charge in [0.15, 0.2) is 0 Å².